The largest absolute Gasteiger partial charge is 0.416 e. The molecular weight excluding hydrogens is 445 g/mol. The number of amides is 2. The van der Waals surface area contributed by atoms with Crippen molar-refractivity contribution in [2.45, 2.75) is 63.8 Å². The summed E-state index contributed by atoms with van der Waals surface area (Å²) < 4.78 is 40.9. The van der Waals surface area contributed by atoms with Crippen LogP contribution in [0.4, 0.5) is 13.2 Å². The molecule has 2 amide bonds. The zero-order chi connectivity index (χ0) is 24.5. The van der Waals surface area contributed by atoms with E-state index in [4.69, 9.17) is 0 Å². The molecule has 1 saturated heterocycles. The van der Waals surface area contributed by atoms with E-state index in [1.165, 1.54) is 23.5 Å². The third-order valence-corrected chi connectivity index (χ3v) is 7.01. The predicted molar refractivity (Wildman–Crippen MR) is 122 cm³/mol. The second kappa shape index (κ2) is 9.82. The summed E-state index contributed by atoms with van der Waals surface area (Å²) in [6.07, 6.45) is 0.0420. The first-order chi connectivity index (χ1) is 16.1. The molecule has 0 spiro atoms. The Kier molecular flexibility index (Phi) is 7.02. The van der Waals surface area contributed by atoms with E-state index < -0.39 is 17.6 Å². The van der Waals surface area contributed by atoms with Gasteiger partial charge in [-0.1, -0.05) is 6.07 Å². The lowest BCUT2D eigenvalue weighted by Crippen LogP contribution is -2.63. The van der Waals surface area contributed by atoms with Crippen molar-refractivity contribution in [3.8, 4) is 0 Å². The predicted octanol–water partition coefficient (Wildman–Crippen LogP) is 3.84. The van der Waals surface area contributed by atoms with E-state index in [9.17, 15) is 22.8 Å². The third kappa shape index (κ3) is 5.46. The number of carbonyl (C=O) groups is 2. The van der Waals surface area contributed by atoms with Crippen LogP contribution >= 0.6 is 0 Å². The fourth-order valence-electron chi connectivity index (χ4n) is 5.22. The Hall–Kier alpha value is -2.81. The van der Waals surface area contributed by atoms with E-state index in [1.54, 1.807) is 0 Å². The summed E-state index contributed by atoms with van der Waals surface area (Å²) in [5.41, 5.74) is 1.60. The summed E-state index contributed by atoms with van der Waals surface area (Å²) in [4.78, 5) is 26.7. The van der Waals surface area contributed by atoms with Crippen molar-refractivity contribution >= 4 is 11.8 Å². The first-order valence-electron chi connectivity index (χ1n) is 11.7. The monoisotopic (exact) mass is 476 g/mol. The number of hydrogen-bond acceptors (Lipinski definition) is 3. The molecular formula is C25H31F3N4O2. The average molecular weight is 477 g/mol. The Morgan fingerprint density at radius 2 is 1.59 bits per heavy atom. The molecule has 0 bridgehead atoms. The number of alkyl halides is 3. The number of halogens is 3. The maximum Gasteiger partial charge on any atom is 0.416 e. The molecule has 0 atom stereocenters. The van der Waals surface area contributed by atoms with Crippen LogP contribution < -0.4 is 10.6 Å². The molecule has 0 radical (unpaired) electrons. The van der Waals surface area contributed by atoms with Crippen molar-refractivity contribution in [2.75, 3.05) is 19.6 Å². The van der Waals surface area contributed by atoms with Gasteiger partial charge >= 0.3 is 6.18 Å². The van der Waals surface area contributed by atoms with Gasteiger partial charge in [0.05, 0.1) is 18.2 Å². The highest BCUT2D eigenvalue weighted by Crippen LogP contribution is 2.34. The highest BCUT2D eigenvalue weighted by molar-refractivity contribution is 5.96. The zero-order valence-corrected chi connectivity index (χ0v) is 19.5. The van der Waals surface area contributed by atoms with Crippen molar-refractivity contribution in [1.29, 1.82) is 0 Å². The second-order valence-electron chi connectivity index (χ2n) is 9.43. The molecule has 1 aliphatic heterocycles. The molecule has 2 fully saturated rings. The minimum Gasteiger partial charge on any atom is -0.349 e. The number of rotatable bonds is 6. The van der Waals surface area contributed by atoms with E-state index in [0.717, 1.165) is 50.9 Å². The van der Waals surface area contributed by atoms with Crippen LogP contribution in [-0.4, -0.2) is 53.0 Å². The van der Waals surface area contributed by atoms with E-state index in [-0.39, 0.29) is 24.1 Å². The van der Waals surface area contributed by atoms with Crippen molar-refractivity contribution < 1.29 is 22.8 Å². The van der Waals surface area contributed by atoms with Crippen LogP contribution in [0, 0.1) is 13.8 Å². The minimum absolute atomic E-state index is 0.0321. The number of aryl methyl sites for hydroxylation is 2. The molecule has 2 aliphatic rings. The quantitative estimate of drug-likeness (QED) is 0.666. The van der Waals surface area contributed by atoms with Gasteiger partial charge in [0.25, 0.3) is 5.91 Å². The number of nitrogens with one attached hydrogen (secondary N) is 2. The Labute approximate surface area is 197 Å². The van der Waals surface area contributed by atoms with Crippen LogP contribution in [0.25, 0.3) is 0 Å². The summed E-state index contributed by atoms with van der Waals surface area (Å²) in [5.74, 6) is -1.05. The highest BCUT2D eigenvalue weighted by atomic mass is 19.4. The summed E-state index contributed by atoms with van der Waals surface area (Å²) in [6, 6.07) is 9.62. The lowest BCUT2D eigenvalue weighted by Gasteiger charge is -2.47. The third-order valence-electron chi connectivity index (χ3n) is 7.01. The Bertz CT molecular complexity index is 1020. The molecule has 4 rings (SSSR count). The molecule has 1 saturated carbocycles. The molecule has 9 heteroatoms. The maximum absolute atomic E-state index is 12.8. The van der Waals surface area contributed by atoms with Gasteiger partial charge in [-0.15, -0.1) is 0 Å². The molecule has 6 nitrogen and oxygen atoms in total. The molecule has 2 aromatic rings. The minimum atomic E-state index is -4.52. The van der Waals surface area contributed by atoms with E-state index in [2.05, 4.69) is 46.1 Å². The maximum atomic E-state index is 12.8. The average Bonchev–Trinajstić information content (AvgIpc) is 3.12. The van der Waals surface area contributed by atoms with E-state index in [0.29, 0.717) is 12.1 Å². The summed E-state index contributed by atoms with van der Waals surface area (Å²) in [5, 5.41) is 5.29. The number of likely N-dealkylation sites (tertiary alicyclic amines) is 1. The van der Waals surface area contributed by atoms with Gasteiger partial charge in [-0.3, -0.25) is 14.5 Å². The zero-order valence-electron chi connectivity index (χ0n) is 19.5. The summed E-state index contributed by atoms with van der Waals surface area (Å²) >= 11 is 0. The molecule has 1 aliphatic carbocycles. The fourth-order valence-corrected chi connectivity index (χ4v) is 5.22. The molecule has 2 N–H and O–H groups in total. The van der Waals surface area contributed by atoms with Gasteiger partial charge in [0.2, 0.25) is 5.91 Å². The molecule has 0 unspecified atom stereocenters. The molecule has 1 aromatic heterocycles. The van der Waals surface area contributed by atoms with Gasteiger partial charge in [0.15, 0.2) is 0 Å². The van der Waals surface area contributed by atoms with Gasteiger partial charge < -0.3 is 15.2 Å². The first kappa shape index (κ1) is 24.3. The Balaban J connectivity index is 1.17. The number of aromatic nitrogens is 1. The smallest absolute Gasteiger partial charge is 0.349 e. The standard InChI is InChI=1S/C25H31F3N4O2/c1-16-6-7-17(2)32(16)22-10-8-21(9-11-22)31-14-20(15-31)30-23(33)13-29-24(34)18-4-3-5-19(12-18)25(26,27)28/h3-7,12,20-22H,8-11,13-15H2,1-2H3,(H,29,34)(H,30,33). The summed E-state index contributed by atoms with van der Waals surface area (Å²) in [6.45, 7) is 5.61. The van der Waals surface area contributed by atoms with Crippen molar-refractivity contribution in [2.24, 2.45) is 0 Å². The number of nitrogens with zero attached hydrogens (tertiary/aromatic N) is 2. The Morgan fingerprint density at radius 3 is 2.21 bits per heavy atom. The number of benzene rings is 1. The van der Waals surface area contributed by atoms with Gasteiger partial charge in [-0.25, -0.2) is 0 Å². The molecule has 184 valence electrons. The van der Waals surface area contributed by atoms with Crippen LogP contribution in [0.15, 0.2) is 36.4 Å². The lowest BCUT2D eigenvalue weighted by molar-refractivity contribution is -0.137. The fraction of sp³-hybridized carbons (Fsp3) is 0.520. The first-order valence-corrected chi connectivity index (χ1v) is 11.7. The van der Waals surface area contributed by atoms with Gasteiger partial charge in [-0.2, -0.15) is 13.2 Å². The van der Waals surface area contributed by atoms with Crippen LogP contribution in [0.5, 0.6) is 0 Å². The van der Waals surface area contributed by atoms with Crippen molar-refractivity contribution in [1.82, 2.24) is 20.1 Å². The SMILES string of the molecule is Cc1ccc(C)n1C1CCC(N2CC(NC(=O)CNC(=O)c3cccc(C(F)(F)F)c3)C2)CC1. The molecule has 2 heterocycles. The van der Waals surface area contributed by atoms with E-state index >= 15 is 0 Å². The van der Waals surface area contributed by atoms with Gasteiger partial charge in [-0.05, 0) is 69.9 Å². The van der Waals surface area contributed by atoms with Crippen LogP contribution in [0.3, 0.4) is 0 Å². The lowest BCUT2D eigenvalue weighted by atomic mass is 9.87. The topological polar surface area (TPSA) is 66.4 Å². The van der Waals surface area contributed by atoms with Gasteiger partial charge in [0.1, 0.15) is 0 Å². The molecule has 1 aromatic carbocycles. The summed E-state index contributed by atoms with van der Waals surface area (Å²) in [7, 11) is 0. The normalized spacial score (nSPS) is 21.7. The second-order valence-corrected chi connectivity index (χ2v) is 9.43. The van der Waals surface area contributed by atoms with Gasteiger partial charge in [0, 0.05) is 42.1 Å². The van der Waals surface area contributed by atoms with Crippen LogP contribution in [-0.2, 0) is 11.0 Å². The van der Waals surface area contributed by atoms with E-state index in [1.807, 2.05) is 0 Å². The highest BCUT2D eigenvalue weighted by Gasteiger charge is 2.36. The van der Waals surface area contributed by atoms with Crippen LogP contribution in [0.1, 0.15) is 59.0 Å². The Morgan fingerprint density at radius 1 is 0.971 bits per heavy atom. The number of hydrogen-bond donors (Lipinski definition) is 2. The number of carbonyl (C=O) groups excluding carboxylic acids is 2. The van der Waals surface area contributed by atoms with Crippen LogP contribution in [0.2, 0.25) is 0 Å². The van der Waals surface area contributed by atoms with Crippen molar-refractivity contribution in [3.63, 3.8) is 0 Å². The van der Waals surface area contributed by atoms with Crippen molar-refractivity contribution in [3.05, 3.63) is 58.9 Å². The molecule has 34 heavy (non-hydrogen) atoms.